The second kappa shape index (κ2) is 10.2. The largest absolute Gasteiger partial charge is 0.439 e. The summed E-state index contributed by atoms with van der Waals surface area (Å²) in [4.78, 5) is 8.34. The predicted molar refractivity (Wildman–Crippen MR) is 95.4 cm³/mol. The monoisotopic (exact) mass is 346 g/mol. The van der Waals surface area contributed by atoms with Gasteiger partial charge in [-0.15, -0.1) is 0 Å². The van der Waals surface area contributed by atoms with E-state index in [2.05, 4.69) is 20.6 Å². The zero-order chi connectivity index (χ0) is 17.9. The van der Waals surface area contributed by atoms with Gasteiger partial charge in [-0.05, 0) is 42.3 Å². The first-order chi connectivity index (χ1) is 12.2. The highest BCUT2D eigenvalue weighted by Gasteiger charge is 2.03. The number of aromatic nitrogens is 1. The molecule has 1 heterocycles. The molecule has 25 heavy (non-hydrogen) atoms. The summed E-state index contributed by atoms with van der Waals surface area (Å²) in [6.45, 7) is 2.06. The van der Waals surface area contributed by atoms with Gasteiger partial charge in [0.05, 0.1) is 0 Å². The number of benzene rings is 1. The van der Waals surface area contributed by atoms with Crippen LogP contribution in [0.4, 0.5) is 4.39 Å². The third-order valence-electron chi connectivity index (χ3n) is 3.34. The fourth-order valence-electron chi connectivity index (χ4n) is 2.07. The van der Waals surface area contributed by atoms with Gasteiger partial charge in [0.1, 0.15) is 11.6 Å². The van der Waals surface area contributed by atoms with Gasteiger partial charge in [0.2, 0.25) is 5.88 Å². The first-order valence-electron chi connectivity index (χ1n) is 8.03. The number of hydrogen-bond donors (Lipinski definition) is 2. The summed E-state index contributed by atoms with van der Waals surface area (Å²) in [5, 5.41) is 6.44. The number of pyridine rings is 1. The lowest BCUT2D eigenvalue weighted by atomic mass is 10.2. The third-order valence-corrected chi connectivity index (χ3v) is 3.34. The van der Waals surface area contributed by atoms with Crippen molar-refractivity contribution in [1.82, 2.24) is 15.6 Å². The van der Waals surface area contributed by atoms with Gasteiger partial charge < -0.3 is 20.1 Å². The SMILES string of the molecule is CN=C(NCCCOC)NCc1ccnc(Oc2ccc(F)cc2)c1. The van der Waals surface area contributed by atoms with Gasteiger partial charge in [-0.2, -0.15) is 0 Å². The number of hydrogen-bond acceptors (Lipinski definition) is 4. The van der Waals surface area contributed by atoms with Gasteiger partial charge in [0.25, 0.3) is 0 Å². The van der Waals surface area contributed by atoms with Crippen molar-refractivity contribution in [2.24, 2.45) is 4.99 Å². The average Bonchev–Trinajstić information content (AvgIpc) is 2.63. The Morgan fingerprint density at radius 2 is 2.00 bits per heavy atom. The fraction of sp³-hybridized carbons (Fsp3) is 0.333. The summed E-state index contributed by atoms with van der Waals surface area (Å²) in [5.74, 6) is 1.40. The van der Waals surface area contributed by atoms with E-state index in [4.69, 9.17) is 9.47 Å². The van der Waals surface area contributed by atoms with Gasteiger partial charge >= 0.3 is 0 Å². The summed E-state index contributed by atoms with van der Waals surface area (Å²) < 4.78 is 23.6. The Morgan fingerprint density at radius 1 is 1.20 bits per heavy atom. The molecular weight excluding hydrogens is 323 g/mol. The number of nitrogens with zero attached hydrogens (tertiary/aromatic N) is 2. The van der Waals surface area contributed by atoms with Crippen molar-refractivity contribution in [3.8, 4) is 11.6 Å². The summed E-state index contributed by atoms with van der Waals surface area (Å²) >= 11 is 0. The van der Waals surface area contributed by atoms with Crippen LogP contribution in [-0.2, 0) is 11.3 Å². The molecule has 0 fully saturated rings. The first-order valence-corrected chi connectivity index (χ1v) is 8.03. The van der Waals surface area contributed by atoms with Crippen LogP contribution in [0.25, 0.3) is 0 Å². The molecule has 0 bridgehead atoms. The Labute approximate surface area is 147 Å². The van der Waals surface area contributed by atoms with Gasteiger partial charge in [0.15, 0.2) is 5.96 Å². The van der Waals surface area contributed by atoms with Gasteiger partial charge in [-0.3, -0.25) is 4.99 Å². The van der Waals surface area contributed by atoms with Gasteiger partial charge in [-0.25, -0.2) is 9.37 Å². The maximum Gasteiger partial charge on any atom is 0.219 e. The molecule has 0 aliphatic heterocycles. The van der Waals surface area contributed by atoms with Crippen LogP contribution in [0.3, 0.4) is 0 Å². The molecule has 0 spiro atoms. The smallest absolute Gasteiger partial charge is 0.219 e. The minimum absolute atomic E-state index is 0.303. The molecular formula is C18H23FN4O2. The highest BCUT2D eigenvalue weighted by molar-refractivity contribution is 5.79. The van der Waals surface area contributed by atoms with Crippen LogP contribution in [-0.4, -0.2) is 38.3 Å². The van der Waals surface area contributed by atoms with E-state index in [-0.39, 0.29) is 5.82 Å². The number of nitrogens with one attached hydrogen (secondary N) is 2. The van der Waals surface area contributed by atoms with Crippen molar-refractivity contribution in [3.63, 3.8) is 0 Å². The van der Waals surface area contributed by atoms with Crippen LogP contribution in [0.1, 0.15) is 12.0 Å². The number of ether oxygens (including phenoxy) is 2. The van der Waals surface area contributed by atoms with E-state index in [1.54, 1.807) is 32.5 Å². The lowest BCUT2D eigenvalue weighted by Crippen LogP contribution is -2.37. The minimum Gasteiger partial charge on any atom is -0.439 e. The quantitative estimate of drug-likeness (QED) is 0.437. The normalized spacial score (nSPS) is 11.2. The Hall–Kier alpha value is -2.67. The summed E-state index contributed by atoms with van der Waals surface area (Å²) in [6, 6.07) is 9.54. The molecule has 2 N–H and O–H groups in total. The lowest BCUT2D eigenvalue weighted by Gasteiger charge is -2.12. The molecule has 0 amide bonds. The van der Waals surface area contributed by atoms with Crippen molar-refractivity contribution in [1.29, 1.82) is 0 Å². The second-order valence-electron chi connectivity index (χ2n) is 5.26. The van der Waals surface area contributed by atoms with Crippen molar-refractivity contribution < 1.29 is 13.9 Å². The molecule has 0 aliphatic rings. The number of rotatable bonds is 8. The predicted octanol–water partition coefficient (Wildman–Crippen LogP) is 2.71. The van der Waals surface area contributed by atoms with E-state index < -0.39 is 0 Å². The summed E-state index contributed by atoms with van der Waals surface area (Å²) in [7, 11) is 3.41. The molecule has 134 valence electrons. The van der Waals surface area contributed by atoms with Crippen LogP contribution in [0.15, 0.2) is 47.6 Å². The molecule has 2 aromatic rings. The van der Waals surface area contributed by atoms with E-state index in [1.165, 1.54) is 12.1 Å². The highest BCUT2D eigenvalue weighted by Crippen LogP contribution is 2.20. The van der Waals surface area contributed by atoms with Crippen molar-refractivity contribution in [3.05, 3.63) is 54.0 Å². The molecule has 7 heteroatoms. The van der Waals surface area contributed by atoms with Crippen LogP contribution in [0.5, 0.6) is 11.6 Å². The van der Waals surface area contributed by atoms with Crippen molar-refractivity contribution in [2.75, 3.05) is 27.3 Å². The van der Waals surface area contributed by atoms with E-state index in [0.29, 0.717) is 30.7 Å². The zero-order valence-electron chi connectivity index (χ0n) is 14.5. The van der Waals surface area contributed by atoms with E-state index in [0.717, 1.165) is 18.5 Å². The highest BCUT2D eigenvalue weighted by atomic mass is 19.1. The number of methoxy groups -OCH3 is 1. The van der Waals surface area contributed by atoms with E-state index in [9.17, 15) is 4.39 Å². The standard InChI is InChI=1S/C18H23FN4O2/c1-20-18(22-9-3-11-24-2)23-13-14-8-10-21-17(12-14)25-16-6-4-15(19)5-7-16/h4-8,10,12H,3,9,11,13H2,1-2H3,(H2,20,22,23). The lowest BCUT2D eigenvalue weighted by molar-refractivity contribution is 0.195. The van der Waals surface area contributed by atoms with Gasteiger partial charge in [0, 0.05) is 46.1 Å². The van der Waals surface area contributed by atoms with Crippen molar-refractivity contribution in [2.45, 2.75) is 13.0 Å². The topological polar surface area (TPSA) is 67.8 Å². The Bertz CT molecular complexity index is 677. The molecule has 6 nitrogen and oxygen atoms in total. The zero-order valence-corrected chi connectivity index (χ0v) is 14.5. The Balaban J connectivity index is 1.86. The molecule has 0 unspecified atom stereocenters. The summed E-state index contributed by atoms with van der Waals surface area (Å²) in [6.07, 6.45) is 2.58. The first kappa shape index (κ1) is 18.7. The van der Waals surface area contributed by atoms with Crippen LogP contribution < -0.4 is 15.4 Å². The minimum atomic E-state index is -0.303. The second-order valence-corrected chi connectivity index (χ2v) is 5.26. The molecule has 1 aromatic heterocycles. The van der Waals surface area contributed by atoms with Gasteiger partial charge in [-0.1, -0.05) is 0 Å². The maximum atomic E-state index is 12.9. The van der Waals surface area contributed by atoms with Crippen LogP contribution in [0, 0.1) is 5.82 Å². The van der Waals surface area contributed by atoms with E-state index >= 15 is 0 Å². The molecule has 0 saturated heterocycles. The summed E-state index contributed by atoms with van der Waals surface area (Å²) in [5.41, 5.74) is 0.993. The Morgan fingerprint density at radius 3 is 2.72 bits per heavy atom. The number of aliphatic imine (C=N–C) groups is 1. The van der Waals surface area contributed by atoms with Crippen LogP contribution in [0.2, 0.25) is 0 Å². The molecule has 0 atom stereocenters. The van der Waals surface area contributed by atoms with E-state index in [1.807, 2.05) is 12.1 Å². The Kier molecular flexibility index (Phi) is 7.65. The molecule has 0 saturated carbocycles. The van der Waals surface area contributed by atoms with Crippen molar-refractivity contribution >= 4 is 5.96 Å². The number of guanidine groups is 1. The molecule has 0 radical (unpaired) electrons. The molecule has 0 aliphatic carbocycles. The maximum absolute atomic E-state index is 12.9. The number of halogens is 1. The third kappa shape index (κ3) is 6.76. The van der Waals surface area contributed by atoms with Crippen LogP contribution >= 0.6 is 0 Å². The molecule has 1 aromatic carbocycles. The molecule has 2 rings (SSSR count). The average molecular weight is 346 g/mol. The fourth-order valence-corrected chi connectivity index (χ4v) is 2.07.